The molecule has 0 aliphatic rings. The van der Waals surface area contributed by atoms with Crippen molar-refractivity contribution in [2.24, 2.45) is 0 Å². The quantitative estimate of drug-likeness (QED) is 0.653. The third kappa shape index (κ3) is 1.78. The maximum Gasteiger partial charge on any atom is 0.227 e. The first kappa shape index (κ1) is 10.3. The van der Waals surface area contributed by atoms with Crippen LogP contribution in [0.5, 0.6) is 0 Å². The molecule has 2 heterocycles. The number of rotatable bonds is 1. The predicted molar refractivity (Wildman–Crippen MR) is 67.0 cm³/mol. The van der Waals surface area contributed by atoms with Crippen molar-refractivity contribution in [1.82, 2.24) is 9.97 Å². The van der Waals surface area contributed by atoms with E-state index in [2.05, 4.69) is 9.97 Å². The molecular weight excluding hydrogens is 236 g/mol. The van der Waals surface area contributed by atoms with Crippen molar-refractivity contribution >= 4 is 22.7 Å². The van der Waals surface area contributed by atoms with E-state index in [1.165, 1.54) is 0 Å². The number of oxazole rings is 1. The minimum atomic E-state index is 0.565. The van der Waals surface area contributed by atoms with Crippen molar-refractivity contribution in [3.63, 3.8) is 0 Å². The first-order valence-electron chi connectivity index (χ1n) is 5.21. The van der Waals surface area contributed by atoms with Crippen LogP contribution in [0.15, 0.2) is 41.1 Å². The Labute approximate surface area is 103 Å². The van der Waals surface area contributed by atoms with Crippen LogP contribution in [0.3, 0.4) is 0 Å². The second kappa shape index (κ2) is 3.86. The lowest BCUT2D eigenvalue weighted by atomic mass is 10.2. The number of hydrogen-bond donors (Lipinski definition) is 0. The van der Waals surface area contributed by atoms with Crippen molar-refractivity contribution in [2.45, 2.75) is 6.92 Å². The Hall–Kier alpha value is -1.87. The fourth-order valence-electron chi connectivity index (χ4n) is 1.74. The van der Waals surface area contributed by atoms with E-state index in [4.69, 9.17) is 16.0 Å². The Kier molecular flexibility index (Phi) is 2.34. The van der Waals surface area contributed by atoms with Crippen molar-refractivity contribution in [3.05, 3.63) is 47.2 Å². The van der Waals surface area contributed by atoms with Gasteiger partial charge in [-0.05, 0) is 36.8 Å². The molecule has 0 amide bonds. The first-order valence-corrected chi connectivity index (χ1v) is 5.59. The van der Waals surface area contributed by atoms with Gasteiger partial charge in [0, 0.05) is 18.0 Å². The number of benzene rings is 1. The Morgan fingerprint density at radius 3 is 2.71 bits per heavy atom. The van der Waals surface area contributed by atoms with Gasteiger partial charge in [0.25, 0.3) is 0 Å². The van der Waals surface area contributed by atoms with Crippen LogP contribution in [0.2, 0.25) is 5.02 Å². The monoisotopic (exact) mass is 244 g/mol. The summed E-state index contributed by atoms with van der Waals surface area (Å²) >= 11 is 6.12. The Bertz CT molecular complexity index is 676. The van der Waals surface area contributed by atoms with Crippen molar-refractivity contribution in [3.8, 4) is 11.5 Å². The van der Waals surface area contributed by atoms with E-state index in [1.54, 1.807) is 12.4 Å². The van der Waals surface area contributed by atoms with Crippen LogP contribution in [0.1, 0.15) is 5.56 Å². The second-order valence-electron chi connectivity index (χ2n) is 3.85. The van der Waals surface area contributed by atoms with E-state index < -0.39 is 0 Å². The molecule has 0 fully saturated rings. The fraction of sp³-hybridized carbons (Fsp3) is 0.0769. The van der Waals surface area contributed by atoms with Gasteiger partial charge in [-0.25, -0.2) is 4.98 Å². The lowest BCUT2D eigenvalue weighted by Crippen LogP contribution is -1.77. The summed E-state index contributed by atoms with van der Waals surface area (Å²) in [7, 11) is 0. The molecule has 3 rings (SSSR count). The Balaban J connectivity index is 2.24. The Morgan fingerprint density at radius 2 is 1.94 bits per heavy atom. The summed E-state index contributed by atoms with van der Waals surface area (Å²) in [5.74, 6) is 0.565. The van der Waals surface area contributed by atoms with E-state index in [0.29, 0.717) is 16.5 Å². The number of aromatic nitrogens is 2. The van der Waals surface area contributed by atoms with E-state index in [-0.39, 0.29) is 0 Å². The summed E-state index contributed by atoms with van der Waals surface area (Å²) < 4.78 is 5.67. The number of nitrogens with zero attached hydrogens (tertiary/aromatic N) is 2. The van der Waals surface area contributed by atoms with E-state index in [0.717, 1.165) is 16.6 Å². The van der Waals surface area contributed by atoms with Crippen molar-refractivity contribution in [2.75, 3.05) is 0 Å². The molecular formula is C13H9ClN2O. The SMILES string of the molecule is Cc1cc(Cl)c2oc(-c3ccncc3)nc2c1. The zero-order chi connectivity index (χ0) is 11.8. The number of aryl methyl sites for hydroxylation is 1. The third-order valence-corrected chi connectivity index (χ3v) is 2.80. The van der Waals surface area contributed by atoms with Gasteiger partial charge in [0.15, 0.2) is 5.58 Å². The van der Waals surface area contributed by atoms with Crippen LogP contribution in [-0.2, 0) is 0 Å². The van der Waals surface area contributed by atoms with Crippen LogP contribution in [0.25, 0.3) is 22.6 Å². The Morgan fingerprint density at radius 1 is 1.18 bits per heavy atom. The number of halogens is 1. The van der Waals surface area contributed by atoms with Crippen LogP contribution >= 0.6 is 11.6 Å². The van der Waals surface area contributed by atoms with Crippen LogP contribution in [0, 0.1) is 6.92 Å². The highest BCUT2D eigenvalue weighted by Crippen LogP contribution is 2.29. The van der Waals surface area contributed by atoms with E-state index in [1.807, 2.05) is 31.2 Å². The molecule has 84 valence electrons. The summed E-state index contributed by atoms with van der Waals surface area (Å²) in [4.78, 5) is 8.39. The van der Waals surface area contributed by atoms with Gasteiger partial charge in [0.2, 0.25) is 5.89 Å². The van der Waals surface area contributed by atoms with E-state index >= 15 is 0 Å². The highest BCUT2D eigenvalue weighted by Gasteiger charge is 2.11. The van der Waals surface area contributed by atoms with Gasteiger partial charge in [-0.2, -0.15) is 0 Å². The first-order chi connectivity index (χ1) is 8.24. The van der Waals surface area contributed by atoms with Gasteiger partial charge in [-0.15, -0.1) is 0 Å². The molecule has 0 atom stereocenters. The average molecular weight is 245 g/mol. The molecule has 0 spiro atoms. The average Bonchev–Trinajstić information content (AvgIpc) is 2.74. The molecule has 0 unspecified atom stereocenters. The molecule has 4 heteroatoms. The summed E-state index contributed by atoms with van der Waals surface area (Å²) in [6.45, 7) is 1.98. The molecule has 0 N–H and O–H groups in total. The van der Waals surface area contributed by atoms with E-state index in [9.17, 15) is 0 Å². The predicted octanol–water partition coefficient (Wildman–Crippen LogP) is 3.85. The standard InChI is InChI=1S/C13H9ClN2O/c1-8-6-10(14)12-11(7-8)16-13(17-12)9-2-4-15-5-3-9/h2-7H,1H3. The van der Waals surface area contributed by atoms with Gasteiger partial charge >= 0.3 is 0 Å². The molecule has 0 aliphatic carbocycles. The molecule has 0 saturated heterocycles. The molecule has 3 aromatic rings. The zero-order valence-corrected chi connectivity index (χ0v) is 9.90. The number of pyridine rings is 1. The molecule has 0 aliphatic heterocycles. The van der Waals surface area contributed by atoms with Gasteiger partial charge in [0.1, 0.15) is 5.52 Å². The molecule has 1 aromatic carbocycles. The van der Waals surface area contributed by atoms with Gasteiger partial charge in [-0.3, -0.25) is 4.98 Å². The summed E-state index contributed by atoms with van der Waals surface area (Å²) in [6.07, 6.45) is 3.41. The summed E-state index contributed by atoms with van der Waals surface area (Å²) in [5, 5.41) is 0.591. The zero-order valence-electron chi connectivity index (χ0n) is 9.14. The normalized spacial score (nSPS) is 10.9. The molecule has 3 nitrogen and oxygen atoms in total. The van der Waals surface area contributed by atoms with Gasteiger partial charge in [0.05, 0.1) is 5.02 Å². The lowest BCUT2D eigenvalue weighted by Gasteiger charge is -1.93. The van der Waals surface area contributed by atoms with Crippen molar-refractivity contribution < 1.29 is 4.42 Å². The fourth-order valence-corrected chi connectivity index (χ4v) is 2.05. The number of fused-ring (bicyclic) bond motifs is 1. The molecule has 17 heavy (non-hydrogen) atoms. The molecule has 0 saturated carbocycles. The lowest BCUT2D eigenvalue weighted by molar-refractivity contribution is 0.620. The smallest absolute Gasteiger partial charge is 0.227 e. The minimum absolute atomic E-state index is 0.565. The third-order valence-electron chi connectivity index (χ3n) is 2.52. The van der Waals surface area contributed by atoms with Crippen molar-refractivity contribution in [1.29, 1.82) is 0 Å². The minimum Gasteiger partial charge on any atom is -0.435 e. The van der Waals surface area contributed by atoms with Gasteiger partial charge in [-0.1, -0.05) is 11.6 Å². The second-order valence-corrected chi connectivity index (χ2v) is 4.26. The topological polar surface area (TPSA) is 38.9 Å². The largest absolute Gasteiger partial charge is 0.435 e. The molecule has 0 bridgehead atoms. The van der Waals surface area contributed by atoms with Crippen LogP contribution in [-0.4, -0.2) is 9.97 Å². The summed E-state index contributed by atoms with van der Waals surface area (Å²) in [6, 6.07) is 7.53. The maximum atomic E-state index is 6.12. The maximum absolute atomic E-state index is 6.12. The van der Waals surface area contributed by atoms with Gasteiger partial charge < -0.3 is 4.42 Å². The molecule has 2 aromatic heterocycles. The molecule has 0 radical (unpaired) electrons. The van der Waals surface area contributed by atoms with Crippen LogP contribution in [0.4, 0.5) is 0 Å². The number of hydrogen-bond acceptors (Lipinski definition) is 3. The highest BCUT2D eigenvalue weighted by molar-refractivity contribution is 6.34. The van der Waals surface area contributed by atoms with Crippen LogP contribution < -0.4 is 0 Å². The summed E-state index contributed by atoms with van der Waals surface area (Å²) in [5.41, 5.74) is 3.37. The highest BCUT2D eigenvalue weighted by atomic mass is 35.5.